The summed E-state index contributed by atoms with van der Waals surface area (Å²) >= 11 is 0. The second kappa shape index (κ2) is 8.11. The Kier molecular flexibility index (Phi) is 6.80. The van der Waals surface area contributed by atoms with Gasteiger partial charge in [0.1, 0.15) is 0 Å². The minimum Gasteiger partial charge on any atom is -0.377 e. The largest absolute Gasteiger partial charge is 0.377 e. The first-order valence-corrected chi connectivity index (χ1v) is 8.37. The summed E-state index contributed by atoms with van der Waals surface area (Å²) < 4.78 is 27.5. The van der Waals surface area contributed by atoms with Crippen LogP contribution in [0.5, 0.6) is 0 Å². The lowest BCUT2D eigenvalue weighted by Crippen LogP contribution is -2.32. The fraction of sp³-hybridized carbons (Fsp3) is 0.500. The van der Waals surface area contributed by atoms with E-state index in [1.54, 1.807) is 12.1 Å². The van der Waals surface area contributed by atoms with E-state index in [4.69, 9.17) is 9.88 Å². The van der Waals surface area contributed by atoms with Crippen molar-refractivity contribution < 1.29 is 17.9 Å². The maximum absolute atomic E-state index is 11.7. The van der Waals surface area contributed by atoms with E-state index in [-0.39, 0.29) is 16.9 Å². The monoisotopic (exact) mass is 314 g/mol. The average molecular weight is 314 g/mol. The van der Waals surface area contributed by atoms with E-state index < -0.39 is 10.0 Å². The molecule has 21 heavy (non-hydrogen) atoms. The molecule has 0 aliphatic heterocycles. The van der Waals surface area contributed by atoms with Gasteiger partial charge in [-0.25, -0.2) is 13.6 Å². The van der Waals surface area contributed by atoms with Crippen molar-refractivity contribution in [3.8, 4) is 0 Å². The molecule has 0 aromatic heterocycles. The van der Waals surface area contributed by atoms with Gasteiger partial charge in [-0.1, -0.05) is 12.1 Å². The molecule has 1 rings (SSSR count). The molecule has 0 aliphatic carbocycles. The number of nitrogens with two attached hydrogens (primary N) is 1. The molecule has 7 heteroatoms. The van der Waals surface area contributed by atoms with Crippen LogP contribution in [0.1, 0.15) is 25.8 Å². The van der Waals surface area contributed by atoms with Crippen molar-refractivity contribution in [2.24, 2.45) is 5.14 Å². The Labute approximate surface area is 125 Å². The third-order valence-electron chi connectivity index (χ3n) is 2.93. The minimum atomic E-state index is -3.67. The number of rotatable bonds is 8. The van der Waals surface area contributed by atoms with Gasteiger partial charge in [0, 0.05) is 19.6 Å². The molecule has 0 spiro atoms. The zero-order valence-electron chi connectivity index (χ0n) is 12.3. The third-order valence-corrected chi connectivity index (χ3v) is 3.86. The SMILES string of the molecule is CCOC(C)CNC(=O)CCc1ccc(S(N)(=O)=O)cc1. The Morgan fingerprint density at radius 2 is 1.95 bits per heavy atom. The van der Waals surface area contributed by atoms with Crippen molar-refractivity contribution in [3.05, 3.63) is 29.8 Å². The number of primary sulfonamides is 1. The van der Waals surface area contributed by atoms with Gasteiger partial charge in [-0.05, 0) is 38.0 Å². The summed E-state index contributed by atoms with van der Waals surface area (Å²) in [6.07, 6.45) is 0.876. The molecule has 1 aromatic carbocycles. The number of benzene rings is 1. The Morgan fingerprint density at radius 3 is 2.48 bits per heavy atom. The van der Waals surface area contributed by atoms with Crippen LogP contribution in [0.2, 0.25) is 0 Å². The Morgan fingerprint density at radius 1 is 1.33 bits per heavy atom. The lowest BCUT2D eigenvalue weighted by Gasteiger charge is -2.12. The first kappa shape index (κ1) is 17.6. The van der Waals surface area contributed by atoms with E-state index in [1.165, 1.54) is 12.1 Å². The maximum Gasteiger partial charge on any atom is 0.238 e. The lowest BCUT2D eigenvalue weighted by atomic mass is 10.1. The van der Waals surface area contributed by atoms with Gasteiger partial charge >= 0.3 is 0 Å². The van der Waals surface area contributed by atoms with Crippen LogP contribution in [0.15, 0.2) is 29.2 Å². The number of hydrogen-bond acceptors (Lipinski definition) is 4. The second-order valence-electron chi connectivity index (χ2n) is 4.76. The van der Waals surface area contributed by atoms with E-state index >= 15 is 0 Å². The van der Waals surface area contributed by atoms with Crippen molar-refractivity contribution >= 4 is 15.9 Å². The number of aryl methyl sites for hydroxylation is 1. The molecule has 118 valence electrons. The molecule has 0 fully saturated rings. The first-order valence-electron chi connectivity index (χ1n) is 6.83. The van der Waals surface area contributed by atoms with E-state index in [1.807, 2.05) is 13.8 Å². The van der Waals surface area contributed by atoms with E-state index in [9.17, 15) is 13.2 Å². The van der Waals surface area contributed by atoms with Crippen LogP contribution in [-0.2, 0) is 26.0 Å². The smallest absolute Gasteiger partial charge is 0.238 e. The van der Waals surface area contributed by atoms with Gasteiger partial charge < -0.3 is 10.1 Å². The lowest BCUT2D eigenvalue weighted by molar-refractivity contribution is -0.121. The third kappa shape index (κ3) is 6.70. The molecule has 3 N–H and O–H groups in total. The number of carbonyl (C=O) groups is 1. The molecule has 1 amide bonds. The van der Waals surface area contributed by atoms with Crippen LogP contribution < -0.4 is 10.5 Å². The summed E-state index contributed by atoms with van der Waals surface area (Å²) in [4.78, 5) is 11.7. The molecule has 1 unspecified atom stereocenters. The van der Waals surface area contributed by atoms with Gasteiger partial charge in [0.25, 0.3) is 0 Å². The summed E-state index contributed by atoms with van der Waals surface area (Å²) in [6, 6.07) is 6.21. The maximum atomic E-state index is 11.7. The zero-order valence-corrected chi connectivity index (χ0v) is 13.2. The van der Waals surface area contributed by atoms with E-state index in [0.717, 1.165) is 5.56 Å². The Bertz CT molecular complexity index is 555. The number of sulfonamides is 1. The number of carbonyl (C=O) groups excluding carboxylic acids is 1. The van der Waals surface area contributed by atoms with Crippen molar-refractivity contribution in [2.45, 2.75) is 37.7 Å². The van der Waals surface area contributed by atoms with Crippen molar-refractivity contribution in [2.75, 3.05) is 13.2 Å². The first-order chi connectivity index (χ1) is 9.82. The average Bonchev–Trinajstić information content (AvgIpc) is 2.43. The molecule has 0 saturated heterocycles. The summed E-state index contributed by atoms with van der Waals surface area (Å²) in [7, 11) is -3.67. The topological polar surface area (TPSA) is 98.5 Å². The molecule has 6 nitrogen and oxygen atoms in total. The fourth-order valence-electron chi connectivity index (χ4n) is 1.79. The van der Waals surface area contributed by atoms with Gasteiger partial charge in [-0.15, -0.1) is 0 Å². The molecule has 0 saturated carbocycles. The standard InChI is InChI=1S/C14H22N2O4S/c1-3-20-11(2)10-16-14(17)9-6-12-4-7-13(8-5-12)21(15,18)19/h4-5,7-8,11H,3,6,9-10H2,1-2H3,(H,16,17)(H2,15,18,19). The number of nitrogens with one attached hydrogen (secondary N) is 1. The van der Waals surface area contributed by atoms with Gasteiger partial charge in [-0.2, -0.15) is 0 Å². The fourth-order valence-corrected chi connectivity index (χ4v) is 2.31. The van der Waals surface area contributed by atoms with E-state index in [0.29, 0.717) is 26.0 Å². The highest BCUT2D eigenvalue weighted by molar-refractivity contribution is 7.89. The highest BCUT2D eigenvalue weighted by Crippen LogP contribution is 2.10. The van der Waals surface area contributed by atoms with Crippen molar-refractivity contribution in [1.82, 2.24) is 5.32 Å². The van der Waals surface area contributed by atoms with Gasteiger partial charge in [0.05, 0.1) is 11.0 Å². The summed E-state index contributed by atoms with van der Waals surface area (Å²) in [6.45, 7) is 4.91. The quantitative estimate of drug-likeness (QED) is 0.741. The van der Waals surface area contributed by atoms with Crippen LogP contribution in [0.3, 0.4) is 0 Å². The number of ether oxygens (including phenoxy) is 1. The highest BCUT2D eigenvalue weighted by Gasteiger charge is 2.08. The predicted octanol–water partition coefficient (Wildman–Crippen LogP) is 0.808. The Hall–Kier alpha value is -1.44. The van der Waals surface area contributed by atoms with Crippen molar-refractivity contribution in [1.29, 1.82) is 0 Å². The number of amides is 1. The molecular formula is C14H22N2O4S. The molecular weight excluding hydrogens is 292 g/mol. The molecule has 0 bridgehead atoms. The summed E-state index contributed by atoms with van der Waals surface area (Å²) in [5, 5.41) is 7.81. The second-order valence-corrected chi connectivity index (χ2v) is 6.32. The highest BCUT2D eigenvalue weighted by atomic mass is 32.2. The van der Waals surface area contributed by atoms with Gasteiger partial charge in [-0.3, -0.25) is 4.79 Å². The summed E-state index contributed by atoms with van der Waals surface area (Å²) in [5.74, 6) is -0.0583. The molecule has 1 aromatic rings. The van der Waals surface area contributed by atoms with Crippen LogP contribution in [0, 0.1) is 0 Å². The molecule has 0 heterocycles. The van der Waals surface area contributed by atoms with Crippen LogP contribution in [0.25, 0.3) is 0 Å². The Balaban J connectivity index is 2.40. The summed E-state index contributed by atoms with van der Waals surface area (Å²) in [5.41, 5.74) is 0.885. The normalized spacial score (nSPS) is 12.9. The molecule has 1 atom stereocenters. The van der Waals surface area contributed by atoms with Crippen molar-refractivity contribution in [3.63, 3.8) is 0 Å². The zero-order chi connectivity index (χ0) is 15.9. The molecule has 0 aliphatic rings. The van der Waals surface area contributed by atoms with Crippen LogP contribution >= 0.6 is 0 Å². The van der Waals surface area contributed by atoms with E-state index in [2.05, 4.69) is 5.32 Å². The van der Waals surface area contributed by atoms with Gasteiger partial charge in [0.15, 0.2) is 0 Å². The minimum absolute atomic E-state index is 0.00649. The predicted molar refractivity (Wildman–Crippen MR) is 80.2 cm³/mol. The van der Waals surface area contributed by atoms with Crippen LogP contribution in [-0.4, -0.2) is 33.6 Å². The number of hydrogen-bond donors (Lipinski definition) is 2. The van der Waals surface area contributed by atoms with Gasteiger partial charge in [0.2, 0.25) is 15.9 Å². The molecule has 0 radical (unpaired) electrons. The van der Waals surface area contributed by atoms with Crippen LogP contribution in [0.4, 0.5) is 0 Å².